The summed E-state index contributed by atoms with van der Waals surface area (Å²) in [6.07, 6.45) is 0. The number of sulfonamides is 1. The van der Waals surface area contributed by atoms with Crippen molar-refractivity contribution in [2.24, 2.45) is 0 Å². The van der Waals surface area contributed by atoms with Gasteiger partial charge in [-0.15, -0.1) is 11.3 Å². The third kappa shape index (κ3) is 4.94. The molecule has 1 atom stereocenters. The zero-order valence-electron chi connectivity index (χ0n) is 13.0. The van der Waals surface area contributed by atoms with Gasteiger partial charge in [0, 0.05) is 27.9 Å². The average Bonchev–Trinajstić information content (AvgIpc) is 2.94. The molecule has 1 amide bonds. The highest BCUT2D eigenvalue weighted by Gasteiger charge is 2.21. The van der Waals surface area contributed by atoms with Crippen LogP contribution in [-0.2, 0) is 21.4 Å². The first-order valence-corrected chi connectivity index (χ1v) is 10.0. The second kappa shape index (κ2) is 7.84. The van der Waals surface area contributed by atoms with Gasteiger partial charge in [0.2, 0.25) is 5.91 Å². The second-order valence-corrected chi connectivity index (χ2v) is 9.09. The van der Waals surface area contributed by atoms with E-state index in [0.29, 0.717) is 22.2 Å². The molecular formula is C15H16Cl2N2O3S2. The zero-order chi connectivity index (χ0) is 17.9. The minimum Gasteiger partial charge on any atom is -0.351 e. The van der Waals surface area contributed by atoms with E-state index in [1.807, 2.05) is 0 Å². The van der Waals surface area contributed by atoms with Gasteiger partial charge in [-0.2, -0.15) is 0 Å². The number of hydrogen-bond donors (Lipinski definition) is 2. The first-order chi connectivity index (χ1) is 11.2. The van der Waals surface area contributed by atoms with Gasteiger partial charge in [0.05, 0.1) is 6.54 Å². The van der Waals surface area contributed by atoms with E-state index in [2.05, 4.69) is 10.0 Å². The normalized spacial score (nSPS) is 12.8. The average molecular weight is 407 g/mol. The lowest BCUT2D eigenvalue weighted by Gasteiger charge is -2.15. The molecule has 2 aromatic rings. The van der Waals surface area contributed by atoms with Crippen molar-refractivity contribution in [2.75, 3.05) is 0 Å². The third-order valence-corrected chi connectivity index (χ3v) is 6.85. The Bertz CT molecular complexity index is 850. The Labute approximate surface area is 155 Å². The van der Waals surface area contributed by atoms with Gasteiger partial charge in [0.25, 0.3) is 10.0 Å². The standard InChI is InChI=1S/C15H16Cl2N2O3S2/c1-9(13-5-3-11(16)7-14(13)17)19-24(21,22)15-6-4-12(23-15)8-18-10(2)20/h3-7,9,19H,8H2,1-2H3,(H,18,20). The maximum Gasteiger partial charge on any atom is 0.250 e. The molecule has 0 fully saturated rings. The number of carbonyl (C=O) groups is 1. The highest BCUT2D eigenvalue weighted by molar-refractivity contribution is 7.91. The number of thiophene rings is 1. The fourth-order valence-corrected chi connectivity index (χ4v) is 5.12. The van der Waals surface area contributed by atoms with Crippen LogP contribution >= 0.6 is 34.5 Å². The molecule has 0 saturated heterocycles. The maximum absolute atomic E-state index is 12.5. The summed E-state index contributed by atoms with van der Waals surface area (Å²) in [6.45, 7) is 3.41. The van der Waals surface area contributed by atoms with E-state index >= 15 is 0 Å². The Balaban J connectivity index is 2.14. The van der Waals surface area contributed by atoms with E-state index in [1.165, 1.54) is 13.0 Å². The maximum atomic E-state index is 12.5. The van der Waals surface area contributed by atoms with Crippen molar-refractivity contribution in [3.05, 3.63) is 50.8 Å². The molecule has 2 N–H and O–H groups in total. The molecule has 0 saturated carbocycles. The van der Waals surface area contributed by atoms with Crippen LogP contribution in [-0.4, -0.2) is 14.3 Å². The van der Waals surface area contributed by atoms with Crippen molar-refractivity contribution in [2.45, 2.75) is 30.6 Å². The number of carbonyl (C=O) groups excluding carboxylic acids is 1. The fraction of sp³-hybridized carbons (Fsp3) is 0.267. The van der Waals surface area contributed by atoms with E-state index in [-0.39, 0.29) is 10.1 Å². The van der Waals surface area contributed by atoms with E-state index in [9.17, 15) is 13.2 Å². The van der Waals surface area contributed by atoms with Gasteiger partial charge in [-0.1, -0.05) is 29.3 Å². The monoisotopic (exact) mass is 406 g/mol. The van der Waals surface area contributed by atoms with Crippen LogP contribution in [0.4, 0.5) is 0 Å². The van der Waals surface area contributed by atoms with Gasteiger partial charge in [0.1, 0.15) is 4.21 Å². The molecule has 0 aliphatic rings. The largest absolute Gasteiger partial charge is 0.351 e. The topological polar surface area (TPSA) is 75.3 Å². The molecule has 2 rings (SSSR count). The molecule has 0 spiro atoms. The van der Waals surface area contributed by atoms with Crippen LogP contribution in [0.3, 0.4) is 0 Å². The highest BCUT2D eigenvalue weighted by Crippen LogP contribution is 2.28. The Hall–Kier alpha value is -1.12. The van der Waals surface area contributed by atoms with Crippen molar-refractivity contribution in [1.82, 2.24) is 10.0 Å². The summed E-state index contributed by atoms with van der Waals surface area (Å²) < 4.78 is 27.8. The summed E-state index contributed by atoms with van der Waals surface area (Å²) in [5.41, 5.74) is 0.639. The zero-order valence-corrected chi connectivity index (χ0v) is 16.1. The molecule has 0 aliphatic carbocycles. The number of hydrogen-bond acceptors (Lipinski definition) is 4. The summed E-state index contributed by atoms with van der Waals surface area (Å²) in [7, 11) is -3.69. The fourth-order valence-electron chi connectivity index (χ4n) is 2.02. The summed E-state index contributed by atoms with van der Waals surface area (Å²) in [5.74, 6) is -0.170. The predicted molar refractivity (Wildman–Crippen MR) is 97.0 cm³/mol. The lowest BCUT2D eigenvalue weighted by molar-refractivity contribution is -0.119. The van der Waals surface area contributed by atoms with Crippen molar-refractivity contribution in [3.8, 4) is 0 Å². The summed E-state index contributed by atoms with van der Waals surface area (Å²) in [6, 6.07) is 7.59. The van der Waals surface area contributed by atoms with Gasteiger partial charge in [-0.05, 0) is 36.8 Å². The molecule has 1 aromatic heterocycles. The van der Waals surface area contributed by atoms with E-state index < -0.39 is 16.1 Å². The summed E-state index contributed by atoms with van der Waals surface area (Å²) >= 11 is 13.1. The number of halogens is 2. The predicted octanol–water partition coefficient (Wildman–Crippen LogP) is 3.73. The van der Waals surface area contributed by atoms with Crippen LogP contribution in [0.15, 0.2) is 34.5 Å². The van der Waals surface area contributed by atoms with Crippen LogP contribution in [0.5, 0.6) is 0 Å². The number of benzene rings is 1. The number of nitrogens with one attached hydrogen (secondary N) is 2. The summed E-state index contributed by atoms with van der Waals surface area (Å²) in [4.78, 5) is 11.7. The second-order valence-electron chi connectivity index (χ2n) is 5.14. The van der Waals surface area contributed by atoms with Gasteiger partial charge >= 0.3 is 0 Å². The quantitative estimate of drug-likeness (QED) is 0.766. The van der Waals surface area contributed by atoms with Crippen LogP contribution < -0.4 is 10.0 Å². The summed E-state index contributed by atoms with van der Waals surface area (Å²) in [5, 5.41) is 3.52. The SMILES string of the molecule is CC(=O)NCc1ccc(S(=O)(=O)NC(C)c2ccc(Cl)cc2Cl)s1. The van der Waals surface area contributed by atoms with Crippen LogP contribution in [0.2, 0.25) is 10.0 Å². The number of rotatable bonds is 6. The third-order valence-electron chi connectivity index (χ3n) is 3.17. The van der Waals surface area contributed by atoms with E-state index in [0.717, 1.165) is 16.2 Å². The van der Waals surface area contributed by atoms with E-state index in [1.54, 1.807) is 31.2 Å². The lowest BCUT2D eigenvalue weighted by Crippen LogP contribution is -2.26. The van der Waals surface area contributed by atoms with Crippen molar-refractivity contribution in [3.63, 3.8) is 0 Å². The number of amides is 1. The van der Waals surface area contributed by atoms with Gasteiger partial charge < -0.3 is 5.32 Å². The van der Waals surface area contributed by atoms with Crippen molar-refractivity contribution >= 4 is 50.5 Å². The molecule has 1 heterocycles. The molecule has 0 bridgehead atoms. The molecule has 5 nitrogen and oxygen atoms in total. The first kappa shape index (κ1) is 19.2. The molecule has 9 heteroatoms. The minimum absolute atomic E-state index is 0.170. The van der Waals surface area contributed by atoms with Gasteiger partial charge in [-0.3, -0.25) is 4.79 Å². The van der Waals surface area contributed by atoms with Crippen LogP contribution in [0, 0.1) is 0 Å². The minimum atomic E-state index is -3.69. The Morgan fingerprint density at radius 1 is 1.25 bits per heavy atom. The van der Waals surface area contributed by atoms with Crippen LogP contribution in [0.25, 0.3) is 0 Å². The molecule has 1 aromatic carbocycles. The Morgan fingerprint density at radius 3 is 2.58 bits per heavy atom. The lowest BCUT2D eigenvalue weighted by atomic mass is 10.1. The van der Waals surface area contributed by atoms with E-state index in [4.69, 9.17) is 23.2 Å². The molecule has 0 radical (unpaired) electrons. The van der Waals surface area contributed by atoms with Crippen LogP contribution in [0.1, 0.15) is 30.3 Å². The molecule has 0 aliphatic heterocycles. The van der Waals surface area contributed by atoms with Crippen molar-refractivity contribution < 1.29 is 13.2 Å². The van der Waals surface area contributed by atoms with Crippen molar-refractivity contribution in [1.29, 1.82) is 0 Å². The Kier molecular flexibility index (Phi) is 6.28. The van der Waals surface area contributed by atoms with Gasteiger partial charge in [-0.25, -0.2) is 13.1 Å². The van der Waals surface area contributed by atoms with Gasteiger partial charge in [0.15, 0.2) is 0 Å². The molecule has 130 valence electrons. The first-order valence-electron chi connectivity index (χ1n) is 6.99. The smallest absolute Gasteiger partial charge is 0.250 e. The molecule has 1 unspecified atom stereocenters. The molecular weight excluding hydrogens is 391 g/mol. The Morgan fingerprint density at radius 2 is 1.96 bits per heavy atom. The molecule has 24 heavy (non-hydrogen) atoms. The highest BCUT2D eigenvalue weighted by atomic mass is 35.5.